The first-order valence-electron chi connectivity index (χ1n) is 4.84. The zero-order chi connectivity index (χ0) is 10.5. The van der Waals surface area contributed by atoms with Crippen LogP contribution in [0.2, 0.25) is 0 Å². The van der Waals surface area contributed by atoms with Gasteiger partial charge in [0.15, 0.2) is 0 Å². The van der Waals surface area contributed by atoms with Crippen LogP contribution in [0.1, 0.15) is 12.2 Å². The molecule has 2 aromatic heterocycles. The fourth-order valence-electron chi connectivity index (χ4n) is 1.24. The molecule has 0 saturated heterocycles. The molecule has 0 atom stereocenters. The number of aromatic nitrogens is 4. The van der Waals surface area contributed by atoms with E-state index >= 15 is 0 Å². The zero-order valence-corrected chi connectivity index (χ0v) is 9.37. The van der Waals surface area contributed by atoms with Crippen molar-refractivity contribution in [1.82, 2.24) is 18.9 Å². The van der Waals surface area contributed by atoms with Gasteiger partial charge in [0.2, 0.25) is 5.13 Å². The van der Waals surface area contributed by atoms with E-state index in [4.69, 9.17) is 0 Å². The van der Waals surface area contributed by atoms with Crippen molar-refractivity contribution in [2.75, 3.05) is 11.9 Å². The molecule has 80 valence electrons. The Labute approximate surface area is 92.4 Å². The van der Waals surface area contributed by atoms with Gasteiger partial charge in [0, 0.05) is 37.0 Å². The first-order valence-corrected chi connectivity index (χ1v) is 5.62. The summed E-state index contributed by atoms with van der Waals surface area (Å²) in [4.78, 5) is 8.21. The second kappa shape index (κ2) is 4.88. The average molecular weight is 223 g/mol. The predicted molar refractivity (Wildman–Crippen MR) is 60.0 cm³/mol. The van der Waals surface area contributed by atoms with E-state index in [2.05, 4.69) is 24.2 Å². The van der Waals surface area contributed by atoms with Crippen molar-refractivity contribution in [1.29, 1.82) is 0 Å². The third-order valence-corrected chi connectivity index (χ3v) is 2.72. The van der Waals surface area contributed by atoms with Crippen LogP contribution in [-0.4, -0.2) is 25.5 Å². The van der Waals surface area contributed by atoms with Crippen LogP contribution in [0.3, 0.4) is 0 Å². The number of nitrogens with one attached hydrogen (secondary N) is 1. The van der Waals surface area contributed by atoms with Crippen LogP contribution in [0.25, 0.3) is 0 Å². The Morgan fingerprint density at radius 1 is 1.53 bits per heavy atom. The highest BCUT2D eigenvalue weighted by Gasteiger charge is 1.97. The molecule has 0 aliphatic carbocycles. The SMILES string of the molecule is Cc1nsc(NCCCn2ccnc2)n1. The summed E-state index contributed by atoms with van der Waals surface area (Å²) in [6, 6.07) is 0. The van der Waals surface area contributed by atoms with Crippen LogP contribution in [0.15, 0.2) is 18.7 Å². The van der Waals surface area contributed by atoms with Gasteiger partial charge >= 0.3 is 0 Å². The number of rotatable bonds is 5. The van der Waals surface area contributed by atoms with Gasteiger partial charge in [0.25, 0.3) is 0 Å². The monoisotopic (exact) mass is 223 g/mol. The third kappa shape index (κ3) is 3.02. The van der Waals surface area contributed by atoms with E-state index in [-0.39, 0.29) is 0 Å². The van der Waals surface area contributed by atoms with E-state index in [1.165, 1.54) is 11.5 Å². The maximum atomic E-state index is 4.22. The third-order valence-electron chi connectivity index (χ3n) is 1.96. The van der Waals surface area contributed by atoms with E-state index in [0.29, 0.717) is 0 Å². The molecule has 0 fully saturated rings. The maximum absolute atomic E-state index is 4.22. The Kier molecular flexibility index (Phi) is 3.29. The minimum Gasteiger partial charge on any atom is -0.360 e. The average Bonchev–Trinajstić information content (AvgIpc) is 2.84. The van der Waals surface area contributed by atoms with Crippen molar-refractivity contribution in [2.45, 2.75) is 19.9 Å². The van der Waals surface area contributed by atoms with E-state index in [1.54, 1.807) is 6.20 Å². The molecule has 0 bridgehead atoms. The van der Waals surface area contributed by atoms with Crippen molar-refractivity contribution in [3.05, 3.63) is 24.5 Å². The zero-order valence-electron chi connectivity index (χ0n) is 8.55. The summed E-state index contributed by atoms with van der Waals surface area (Å²) >= 11 is 1.41. The highest BCUT2D eigenvalue weighted by atomic mass is 32.1. The second-order valence-electron chi connectivity index (χ2n) is 3.23. The molecular weight excluding hydrogens is 210 g/mol. The predicted octanol–water partition coefficient (Wildman–Crippen LogP) is 1.55. The van der Waals surface area contributed by atoms with Gasteiger partial charge in [0.1, 0.15) is 5.82 Å². The van der Waals surface area contributed by atoms with E-state index < -0.39 is 0 Å². The first kappa shape index (κ1) is 10.1. The Morgan fingerprint density at radius 2 is 2.47 bits per heavy atom. The second-order valence-corrected chi connectivity index (χ2v) is 3.98. The molecule has 6 heteroatoms. The largest absolute Gasteiger partial charge is 0.360 e. The molecule has 2 aromatic rings. The Hall–Kier alpha value is -1.43. The van der Waals surface area contributed by atoms with E-state index in [0.717, 1.165) is 30.5 Å². The summed E-state index contributed by atoms with van der Waals surface area (Å²) in [5, 5.41) is 4.14. The molecule has 5 nitrogen and oxygen atoms in total. The van der Waals surface area contributed by atoms with Gasteiger partial charge in [-0.2, -0.15) is 4.37 Å². The minimum absolute atomic E-state index is 0.831. The van der Waals surface area contributed by atoms with E-state index in [1.807, 2.05) is 19.4 Å². The van der Waals surface area contributed by atoms with Gasteiger partial charge in [0.05, 0.1) is 6.33 Å². The number of imidazole rings is 1. The summed E-state index contributed by atoms with van der Waals surface area (Å²) in [6.45, 7) is 3.78. The van der Waals surface area contributed by atoms with Crippen LogP contribution in [0.4, 0.5) is 5.13 Å². The molecule has 15 heavy (non-hydrogen) atoms. The lowest BCUT2D eigenvalue weighted by atomic mass is 10.4. The normalized spacial score (nSPS) is 10.5. The number of nitrogens with zero attached hydrogens (tertiary/aromatic N) is 4. The summed E-state index contributed by atoms with van der Waals surface area (Å²) in [7, 11) is 0. The van der Waals surface area contributed by atoms with Crippen LogP contribution in [0, 0.1) is 6.92 Å². The lowest BCUT2D eigenvalue weighted by Gasteiger charge is -2.02. The highest BCUT2D eigenvalue weighted by Crippen LogP contribution is 2.09. The molecule has 0 amide bonds. The summed E-state index contributed by atoms with van der Waals surface area (Å²) < 4.78 is 6.16. The molecule has 0 unspecified atom stereocenters. The lowest BCUT2D eigenvalue weighted by Crippen LogP contribution is -2.05. The number of anilines is 1. The fraction of sp³-hybridized carbons (Fsp3) is 0.444. The smallest absolute Gasteiger partial charge is 0.202 e. The standard InChI is InChI=1S/C9H13N5S/c1-8-12-9(15-13-8)11-3-2-5-14-6-4-10-7-14/h4,6-7H,2-3,5H2,1H3,(H,11,12,13). The lowest BCUT2D eigenvalue weighted by molar-refractivity contribution is 0.660. The van der Waals surface area contributed by atoms with Gasteiger partial charge in [-0.25, -0.2) is 9.97 Å². The Bertz CT molecular complexity index is 394. The number of hydrogen-bond acceptors (Lipinski definition) is 5. The Balaban J connectivity index is 1.67. The highest BCUT2D eigenvalue weighted by molar-refractivity contribution is 7.09. The summed E-state index contributed by atoms with van der Waals surface area (Å²) in [5.74, 6) is 0.831. The number of hydrogen-bond donors (Lipinski definition) is 1. The summed E-state index contributed by atoms with van der Waals surface area (Å²) in [5.41, 5.74) is 0. The van der Waals surface area contributed by atoms with Crippen LogP contribution in [-0.2, 0) is 6.54 Å². The van der Waals surface area contributed by atoms with E-state index in [9.17, 15) is 0 Å². The number of aryl methyl sites for hydroxylation is 2. The molecule has 0 spiro atoms. The van der Waals surface area contributed by atoms with Crippen molar-refractivity contribution in [3.63, 3.8) is 0 Å². The van der Waals surface area contributed by atoms with Gasteiger partial charge in [-0.1, -0.05) is 0 Å². The first-order chi connectivity index (χ1) is 7.34. The van der Waals surface area contributed by atoms with Gasteiger partial charge in [-0.05, 0) is 13.3 Å². The van der Waals surface area contributed by atoms with Crippen LogP contribution in [0.5, 0.6) is 0 Å². The molecular formula is C9H13N5S. The molecule has 0 saturated carbocycles. The van der Waals surface area contributed by atoms with Gasteiger partial charge in [-0.3, -0.25) is 0 Å². The molecule has 1 N–H and O–H groups in total. The quantitative estimate of drug-likeness (QED) is 0.781. The molecule has 0 aliphatic rings. The van der Waals surface area contributed by atoms with Gasteiger partial charge in [-0.15, -0.1) is 0 Å². The van der Waals surface area contributed by atoms with Crippen molar-refractivity contribution >= 4 is 16.7 Å². The maximum Gasteiger partial charge on any atom is 0.202 e. The minimum atomic E-state index is 0.831. The summed E-state index contributed by atoms with van der Waals surface area (Å²) in [6.07, 6.45) is 6.64. The molecule has 2 heterocycles. The molecule has 0 radical (unpaired) electrons. The fourth-order valence-corrected chi connectivity index (χ4v) is 1.84. The van der Waals surface area contributed by atoms with Crippen LogP contribution >= 0.6 is 11.5 Å². The topological polar surface area (TPSA) is 55.6 Å². The molecule has 0 aromatic carbocycles. The van der Waals surface area contributed by atoms with Crippen molar-refractivity contribution in [2.24, 2.45) is 0 Å². The molecule has 0 aliphatic heterocycles. The Morgan fingerprint density at radius 3 is 3.13 bits per heavy atom. The van der Waals surface area contributed by atoms with Crippen molar-refractivity contribution < 1.29 is 0 Å². The van der Waals surface area contributed by atoms with Crippen molar-refractivity contribution in [3.8, 4) is 0 Å². The van der Waals surface area contributed by atoms with Gasteiger partial charge < -0.3 is 9.88 Å². The van der Waals surface area contributed by atoms with Crippen LogP contribution < -0.4 is 5.32 Å². The molecule has 2 rings (SSSR count).